The number of carbonyl (C=O) groups excluding carboxylic acids is 1. The number of amides is 1. The van der Waals surface area contributed by atoms with Crippen LogP contribution >= 0.6 is 0 Å². The molecule has 2 aliphatic rings. The van der Waals surface area contributed by atoms with E-state index >= 15 is 0 Å². The molecule has 0 bridgehead atoms. The van der Waals surface area contributed by atoms with E-state index in [0.717, 1.165) is 24.8 Å². The van der Waals surface area contributed by atoms with Crippen molar-refractivity contribution in [2.24, 2.45) is 5.73 Å². The monoisotopic (exact) mass is 351 g/mol. The van der Waals surface area contributed by atoms with Gasteiger partial charge in [0.25, 0.3) is 0 Å². The van der Waals surface area contributed by atoms with E-state index in [9.17, 15) is 13.2 Å². The van der Waals surface area contributed by atoms with E-state index in [0.29, 0.717) is 37.2 Å². The lowest BCUT2D eigenvalue weighted by atomic mass is 9.82. The van der Waals surface area contributed by atoms with Gasteiger partial charge in [-0.15, -0.1) is 0 Å². The van der Waals surface area contributed by atoms with E-state index in [1.54, 1.807) is 12.1 Å². The molecule has 2 fully saturated rings. The normalized spacial score (nSPS) is 22.3. The zero-order chi connectivity index (χ0) is 17.4. The summed E-state index contributed by atoms with van der Waals surface area (Å²) in [6, 6.07) is 5.37. The van der Waals surface area contributed by atoms with Gasteiger partial charge >= 0.3 is 0 Å². The smallest absolute Gasteiger partial charge is 0.244 e. The summed E-state index contributed by atoms with van der Waals surface area (Å²) in [4.78, 5) is 12.6. The number of nitrogens with one attached hydrogen (secondary N) is 1. The van der Waals surface area contributed by atoms with Crippen molar-refractivity contribution in [3.05, 3.63) is 23.8 Å². The molecule has 6 nitrogen and oxygen atoms in total. The van der Waals surface area contributed by atoms with Crippen molar-refractivity contribution in [3.8, 4) is 0 Å². The fourth-order valence-corrected chi connectivity index (χ4v) is 5.15. The highest BCUT2D eigenvalue weighted by molar-refractivity contribution is 7.93. The molecule has 0 atom stereocenters. The summed E-state index contributed by atoms with van der Waals surface area (Å²) in [5.41, 5.74) is 7.56. The third-order valence-corrected chi connectivity index (χ3v) is 6.89. The Morgan fingerprint density at radius 3 is 2.54 bits per heavy atom. The highest BCUT2D eigenvalue weighted by Crippen LogP contribution is 2.31. The maximum Gasteiger partial charge on any atom is 0.244 e. The van der Waals surface area contributed by atoms with Crippen molar-refractivity contribution in [2.45, 2.75) is 51.0 Å². The number of hydrogen-bond donors (Lipinski definition) is 2. The second-order valence-electron chi connectivity index (χ2n) is 6.91. The Morgan fingerprint density at radius 1 is 1.21 bits per heavy atom. The summed E-state index contributed by atoms with van der Waals surface area (Å²) in [6.45, 7) is 2.36. The van der Waals surface area contributed by atoms with Crippen molar-refractivity contribution in [3.63, 3.8) is 0 Å². The number of nitrogens with zero attached hydrogens (tertiary/aromatic N) is 1. The molecule has 0 unspecified atom stereocenters. The molecule has 3 N–H and O–H groups in total. The van der Waals surface area contributed by atoms with Gasteiger partial charge in [0.05, 0.1) is 17.0 Å². The predicted octanol–water partition coefficient (Wildman–Crippen LogP) is 2.14. The quantitative estimate of drug-likeness (QED) is 0.872. The number of rotatable bonds is 3. The lowest BCUT2D eigenvalue weighted by Crippen LogP contribution is -2.52. The number of sulfonamides is 1. The molecule has 1 aliphatic heterocycles. The number of anilines is 2. The topological polar surface area (TPSA) is 92.5 Å². The van der Waals surface area contributed by atoms with Crippen molar-refractivity contribution in [2.75, 3.05) is 21.9 Å². The van der Waals surface area contributed by atoms with Gasteiger partial charge in [-0.1, -0.05) is 25.3 Å². The van der Waals surface area contributed by atoms with Crippen LogP contribution in [-0.4, -0.2) is 32.2 Å². The first-order valence-electron chi connectivity index (χ1n) is 8.53. The van der Waals surface area contributed by atoms with Gasteiger partial charge in [0.15, 0.2) is 0 Å². The molecule has 132 valence electrons. The van der Waals surface area contributed by atoms with E-state index in [2.05, 4.69) is 5.32 Å². The van der Waals surface area contributed by atoms with Crippen LogP contribution in [0.15, 0.2) is 18.2 Å². The maximum atomic E-state index is 12.6. The van der Waals surface area contributed by atoms with E-state index in [4.69, 9.17) is 5.73 Å². The van der Waals surface area contributed by atoms with Crippen LogP contribution < -0.4 is 15.4 Å². The lowest BCUT2D eigenvalue weighted by Gasteiger charge is -2.32. The van der Waals surface area contributed by atoms with Crippen molar-refractivity contribution >= 4 is 27.3 Å². The molecule has 0 aromatic heterocycles. The average molecular weight is 351 g/mol. The van der Waals surface area contributed by atoms with Crippen LogP contribution in [0.1, 0.15) is 44.1 Å². The highest BCUT2D eigenvalue weighted by atomic mass is 32.2. The van der Waals surface area contributed by atoms with Crippen LogP contribution in [0.5, 0.6) is 0 Å². The number of aryl methyl sites for hydroxylation is 1. The largest absolute Gasteiger partial charge is 0.324 e. The Hall–Kier alpha value is -1.60. The van der Waals surface area contributed by atoms with Crippen molar-refractivity contribution in [1.29, 1.82) is 0 Å². The molecule has 1 aromatic rings. The molecule has 1 aliphatic carbocycles. The average Bonchev–Trinajstić information content (AvgIpc) is 2.89. The van der Waals surface area contributed by atoms with Gasteiger partial charge in [-0.05, 0) is 43.9 Å². The minimum Gasteiger partial charge on any atom is -0.324 e. The molecular formula is C17H25N3O3S. The number of benzene rings is 1. The minimum absolute atomic E-state index is 0.176. The van der Waals surface area contributed by atoms with Crippen LogP contribution in [0.2, 0.25) is 0 Å². The predicted molar refractivity (Wildman–Crippen MR) is 95.6 cm³/mol. The first-order valence-corrected chi connectivity index (χ1v) is 10.1. The van der Waals surface area contributed by atoms with Crippen molar-refractivity contribution in [1.82, 2.24) is 0 Å². The Morgan fingerprint density at radius 2 is 1.92 bits per heavy atom. The number of hydrogen-bond acceptors (Lipinski definition) is 4. The first-order chi connectivity index (χ1) is 11.3. The molecule has 24 heavy (non-hydrogen) atoms. The SMILES string of the molecule is Cc1ccc(NC(=O)C2(N)CCCCC2)cc1N1CCCS1(=O)=O. The first kappa shape index (κ1) is 17.2. The molecule has 1 aromatic carbocycles. The molecule has 1 saturated carbocycles. The fraction of sp³-hybridized carbons (Fsp3) is 0.588. The summed E-state index contributed by atoms with van der Waals surface area (Å²) in [5, 5.41) is 2.89. The maximum absolute atomic E-state index is 12.6. The molecule has 7 heteroatoms. The van der Waals surface area contributed by atoms with Crippen LogP contribution in [0.4, 0.5) is 11.4 Å². The van der Waals surface area contributed by atoms with Gasteiger partial charge in [-0.2, -0.15) is 0 Å². The van der Waals surface area contributed by atoms with E-state index < -0.39 is 15.6 Å². The second-order valence-corrected chi connectivity index (χ2v) is 8.93. The standard InChI is InChI=1S/C17H25N3O3S/c1-13-6-7-14(12-15(13)20-10-5-11-24(20,22)23)19-16(21)17(18)8-3-2-4-9-17/h6-7,12H,2-5,8-11,18H2,1H3,(H,19,21). The van der Waals surface area contributed by atoms with E-state index in [-0.39, 0.29) is 11.7 Å². The lowest BCUT2D eigenvalue weighted by molar-refractivity contribution is -0.122. The highest BCUT2D eigenvalue weighted by Gasteiger charge is 2.35. The summed E-state index contributed by atoms with van der Waals surface area (Å²) in [5.74, 6) is -0.00383. The Balaban J connectivity index is 1.82. The Bertz CT molecular complexity index is 739. The number of nitrogens with two attached hydrogens (primary N) is 1. The summed E-state index contributed by atoms with van der Waals surface area (Å²) < 4.78 is 25.8. The molecule has 0 radical (unpaired) electrons. The van der Waals surface area contributed by atoms with Gasteiger partial charge < -0.3 is 11.1 Å². The zero-order valence-corrected chi connectivity index (χ0v) is 14.9. The molecule has 1 heterocycles. The summed E-state index contributed by atoms with van der Waals surface area (Å²) >= 11 is 0. The summed E-state index contributed by atoms with van der Waals surface area (Å²) in [7, 11) is -3.24. The van der Waals surface area contributed by atoms with Gasteiger partial charge in [0.2, 0.25) is 15.9 Å². The Labute approximate surface area is 143 Å². The van der Waals surface area contributed by atoms with Crippen LogP contribution in [0, 0.1) is 6.92 Å². The van der Waals surface area contributed by atoms with E-state index in [1.807, 2.05) is 13.0 Å². The van der Waals surface area contributed by atoms with E-state index in [1.165, 1.54) is 4.31 Å². The minimum atomic E-state index is -3.24. The second kappa shape index (κ2) is 6.37. The van der Waals surface area contributed by atoms with Crippen LogP contribution in [-0.2, 0) is 14.8 Å². The molecule has 3 rings (SSSR count). The molecule has 1 saturated heterocycles. The van der Waals surface area contributed by atoms with Gasteiger partial charge in [0, 0.05) is 12.2 Å². The zero-order valence-electron chi connectivity index (χ0n) is 14.0. The van der Waals surface area contributed by atoms with Gasteiger partial charge in [0.1, 0.15) is 0 Å². The van der Waals surface area contributed by atoms with Crippen molar-refractivity contribution < 1.29 is 13.2 Å². The third kappa shape index (κ3) is 3.28. The van der Waals surface area contributed by atoms with Gasteiger partial charge in [-0.25, -0.2) is 8.42 Å². The molecule has 0 spiro atoms. The fourth-order valence-electron chi connectivity index (χ4n) is 3.53. The van der Waals surface area contributed by atoms with Crippen LogP contribution in [0.25, 0.3) is 0 Å². The summed E-state index contributed by atoms with van der Waals surface area (Å²) in [6.07, 6.45) is 5.07. The van der Waals surface area contributed by atoms with Crippen LogP contribution in [0.3, 0.4) is 0 Å². The number of carbonyl (C=O) groups is 1. The van der Waals surface area contributed by atoms with Gasteiger partial charge in [-0.3, -0.25) is 9.10 Å². The molecular weight excluding hydrogens is 326 g/mol. The Kier molecular flexibility index (Phi) is 4.57. The third-order valence-electron chi connectivity index (χ3n) is 5.03. The molecule has 1 amide bonds.